The number of rotatable bonds is 4. The number of ether oxygens (including phenoxy) is 1. The molecule has 6 nitrogen and oxygen atoms in total. The normalized spacial score (nSPS) is 15.5. The van der Waals surface area contributed by atoms with E-state index < -0.39 is 0 Å². The number of aromatic nitrogens is 2. The molecule has 0 atom stereocenters. The van der Waals surface area contributed by atoms with Crippen molar-refractivity contribution >= 4 is 6.09 Å². The predicted molar refractivity (Wildman–Crippen MR) is 87.4 cm³/mol. The van der Waals surface area contributed by atoms with E-state index in [2.05, 4.69) is 10.00 Å². The molecule has 1 fully saturated rings. The van der Waals surface area contributed by atoms with Crippen molar-refractivity contribution in [3.8, 4) is 5.69 Å². The number of amides is 1. The summed E-state index contributed by atoms with van der Waals surface area (Å²) in [5.41, 5.74) is 1.75. The minimum atomic E-state index is -0.264. The van der Waals surface area contributed by atoms with Gasteiger partial charge in [-0.1, -0.05) is 0 Å². The zero-order valence-corrected chi connectivity index (χ0v) is 13.7. The van der Waals surface area contributed by atoms with Gasteiger partial charge in [-0.05, 0) is 36.8 Å². The summed E-state index contributed by atoms with van der Waals surface area (Å²) in [4.78, 5) is 15.7. The van der Waals surface area contributed by atoms with Crippen LogP contribution in [0.15, 0.2) is 36.7 Å². The van der Waals surface area contributed by atoms with Crippen LogP contribution in [0.4, 0.5) is 9.18 Å². The van der Waals surface area contributed by atoms with Crippen molar-refractivity contribution in [3.05, 3.63) is 48.0 Å². The first kappa shape index (κ1) is 16.4. The smallest absolute Gasteiger partial charge is 0.409 e. The Morgan fingerprint density at radius 3 is 2.75 bits per heavy atom. The van der Waals surface area contributed by atoms with Crippen molar-refractivity contribution in [1.29, 1.82) is 0 Å². The van der Waals surface area contributed by atoms with Gasteiger partial charge in [0.05, 0.1) is 12.3 Å². The number of hydrogen-bond donors (Lipinski definition) is 0. The SMILES string of the molecule is CCOC(=O)N1CCN(Cc2cc(F)ccc2-n2cccn2)CC1. The Hall–Kier alpha value is -2.41. The molecule has 2 heterocycles. The Morgan fingerprint density at radius 2 is 2.08 bits per heavy atom. The summed E-state index contributed by atoms with van der Waals surface area (Å²) in [6, 6.07) is 6.58. The van der Waals surface area contributed by atoms with Crippen molar-refractivity contribution < 1.29 is 13.9 Å². The quantitative estimate of drug-likeness (QED) is 0.862. The highest BCUT2D eigenvalue weighted by molar-refractivity contribution is 5.67. The van der Waals surface area contributed by atoms with Gasteiger partial charge < -0.3 is 9.64 Å². The van der Waals surface area contributed by atoms with Gasteiger partial charge in [0.2, 0.25) is 0 Å². The molecule has 24 heavy (non-hydrogen) atoms. The summed E-state index contributed by atoms with van der Waals surface area (Å²) >= 11 is 0. The van der Waals surface area contributed by atoms with Gasteiger partial charge in [-0.15, -0.1) is 0 Å². The number of nitrogens with zero attached hydrogens (tertiary/aromatic N) is 4. The van der Waals surface area contributed by atoms with Gasteiger partial charge in [-0.25, -0.2) is 13.9 Å². The zero-order valence-electron chi connectivity index (χ0n) is 13.7. The van der Waals surface area contributed by atoms with E-state index in [0.717, 1.165) is 24.3 Å². The second-order valence-corrected chi connectivity index (χ2v) is 5.69. The van der Waals surface area contributed by atoms with Gasteiger partial charge in [0.25, 0.3) is 0 Å². The third-order valence-electron chi connectivity index (χ3n) is 4.09. The third kappa shape index (κ3) is 3.73. The molecule has 1 aliphatic heterocycles. The topological polar surface area (TPSA) is 50.6 Å². The molecule has 7 heteroatoms. The van der Waals surface area contributed by atoms with E-state index in [1.54, 1.807) is 34.8 Å². The lowest BCUT2D eigenvalue weighted by atomic mass is 10.1. The maximum Gasteiger partial charge on any atom is 0.409 e. The minimum absolute atomic E-state index is 0.258. The van der Waals surface area contributed by atoms with Crippen LogP contribution in [-0.4, -0.2) is 58.5 Å². The largest absolute Gasteiger partial charge is 0.450 e. The standard InChI is InChI=1S/C17H21FN4O2/c1-2-24-17(23)21-10-8-20(9-11-21)13-14-12-15(18)4-5-16(14)22-7-3-6-19-22/h3-7,12H,2,8-11,13H2,1H3. The molecule has 1 amide bonds. The Balaban J connectivity index is 1.67. The Labute approximate surface area is 140 Å². The first-order valence-electron chi connectivity index (χ1n) is 8.10. The van der Waals surface area contributed by atoms with Gasteiger partial charge in [-0.2, -0.15) is 5.10 Å². The fourth-order valence-electron chi connectivity index (χ4n) is 2.86. The molecular weight excluding hydrogens is 311 g/mol. The van der Waals surface area contributed by atoms with E-state index in [1.165, 1.54) is 6.07 Å². The lowest BCUT2D eigenvalue weighted by Gasteiger charge is -2.34. The van der Waals surface area contributed by atoms with E-state index in [0.29, 0.717) is 26.2 Å². The zero-order chi connectivity index (χ0) is 16.9. The second-order valence-electron chi connectivity index (χ2n) is 5.69. The van der Waals surface area contributed by atoms with Gasteiger partial charge in [-0.3, -0.25) is 4.90 Å². The fraction of sp³-hybridized carbons (Fsp3) is 0.412. The van der Waals surface area contributed by atoms with E-state index in [-0.39, 0.29) is 11.9 Å². The number of halogens is 1. The molecule has 1 aliphatic rings. The predicted octanol–water partition coefficient (Wildman–Crippen LogP) is 2.29. The number of hydrogen-bond acceptors (Lipinski definition) is 4. The Kier molecular flexibility index (Phi) is 5.10. The highest BCUT2D eigenvalue weighted by Gasteiger charge is 2.22. The van der Waals surface area contributed by atoms with Gasteiger partial charge >= 0.3 is 6.09 Å². The fourth-order valence-corrected chi connectivity index (χ4v) is 2.86. The van der Waals surface area contributed by atoms with E-state index in [9.17, 15) is 9.18 Å². The highest BCUT2D eigenvalue weighted by Crippen LogP contribution is 2.18. The first-order chi connectivity index (χ1) is 11.7. The van der Waals surface area contributed by atoms with Crippen molar-refractivity contribution in [2.45, 2.75) is 13.5 Å². The molecule has 1 aromatic carbocycles. The Morgan fingerprint density at radius 1 is 1.29 bits per heavy atom. The van der Waals surface area contributed by atoms with E-state index >= 15 is 0 Å². The molecule has 2 aromatic rings. The molecule has 1 saturated heterocycles. The highest BCUT2D eigenvalue weighted by atomic mass is 19.1. The molecule has 1 aromatic heterocycles. The lowest BCUT2D eigenvalue weighted by Crippen LogP contribution is -2.48. The van der Waals surface area contributed by atoms with Gasteiger partial charge in [0.15, 0.2) is 0 Å². The minimum Gasteiger partial charge on any atom is -0.450 e. The van der Waals surface area contributed by atoms with Gasteiger partial charge in [0, 0.05) is 45.1 Å². The van der Waals surface area contributed by atoms with Crippen LogP contribution in [0.25, 0.3) is 5.69 Å². The third-order valence-corrected chi connectivity index (χ3v) is 4.09. The number of carbonyl (C=O) groups excluding carboxylic acids is 1. The summed E-state index contributed by atoms with van der Waals surface area (Å²) in [6.45, 7) is 5.49. The summed E-state index contributed by atoms with van der Waals surface area (Å²) in [5, 5.41) is 4.23. The van der Waals surface area contributed by atoms with Crippen LogP contribution in [0.5, 0.6) is 0 Å². The molecule has 0 radical (unpaired) electrons. The average Bonchev–Trinajstić information content (AvgIpc) is 3.10. The molecular formula is C17H21FN4O2. The van der Waals surface area contributed by atoms with Crippen LogP contribution in [-0.2, 0) is 11.3 Å². The van der Waals surface area contributed by atoms with Crippen LogP contribution >= 0.6 is 0 Å². The van der Waals surface area contributed by atoms with Crippen LogP contribution in [0.1, 0.15) is 12.5 Å². The molecule has 0 aliphatic carbocycles. The monoisotopic (exact) mass is 332 g/mol. The molecule has 0 bridgehead atoms. The summed E-state index contributed by atoms with van der Waals surface area (Å²) in [5.74, 6) is -0.258. The first-order valence-corrected chi connectivity index (χ1v) is 8.10. The number of piperazine rings is 1. The maximum absolute atomic E-state index is 13.7. The van der Waals surface area contributed by atoms with Crippen molar-refractivity contribution in [2.75, 3.05) is 32.8 Å². The summed E-state index contributed by atoms with van der Waals surface area (Å²) < 4.78 is 20.4. The molecule has 128 valence electrons. The van der Waals surface area contributed by atoms with E-state index in [1.807, 2.05) is 12.3 Å². The molecule has 0 unspecified atom stereocenters. The molecule has 0 spiro atoms. The average molecular weight is 332 g/mol. The van der Waals surface area contributed by atoms with Crippen molar-refractivity contribution in [2.24, 2.45) is 0 Å². The maximum atomic E-state index is 13.7. The summed E-state index contributed by atoms with van der Waals surface area (Å²) in [6.07, 6.45) is 3.28. The Bertz CT molecular complexity index is 682. The van der Waals surface area contributed by atoms with Crippen LogP contribution in [0.3, 0.4) is 0 Å². The van der Waals surface area contributed by atoms with Crippen LogP contribution in [0, 0.1) is 5.82 Å². The summed E-state index contributed by atoms with van der Waals surface area (Å²) in [7, 11) is 0. The van der Waals surface area contributed by atoms with E-state index in [4.69, 9.17) is 4.74 Å². The van der Waals surface area contributed by atoms with Crippen LogP contribution in [0.2, 0.25) is 0 Å². The number of carbonyl (C=O) groups is 1. The molecule has 0 saturated carbocycles. The molecule has 3 rings (SSSR count). The van der Waals surface area contributed by atoms with Gasteiger partial charge in [0.1, 0.15) is 5.82 Å². The van der Waals surface area contributed by atoms with Crippen molar-refractivity contribution in [1.82, 2.24) is 19.6 Å². The number of benzene rings is 1. The molecule has 0 N–H and O–H groups in total. The van der Waals surface area contributed by atoms with Crippen LogP contribution < -0.4 is 0 Å². The lowest BCUT2D eigenvalue weighted by molar-refractivity contribution is 0.0778. The van der Waals surface area contributed by atoms with Crippen molar-refractivity contribution in [3.63, 3.8) is 0 Å². The second kappa shape index (κ2) is 7.44.